The van der Waals surface area contributed by atoms with Gasteiger partial charge in [-0.15, -0.1) is 0 Å². The predicted octanol–water partition coefficient (Wildman–Crippen LogP) is 2.02. The summed E-state index contributed by atoms with van der Waals surface area (Å²) in [6.07, 6.45) is 0. The highest BCUT2D eigenvalue weighted by molar-refractivity contribution is 5.92. The highest BCUT2D eigenvalue weighted by Gasteiger charge is 2.13. The number of hydrogen-bond acceptors (Lipinski definition) is 4. The topological polar surface area (TPSA) is 58.1 Å². The fraction of sp³-hybridized carbons (Fsp3) is 0.643. The summed E-state index contributed by atoms with van der Waals surface area (Å²) in [7, 11) is 0. The van der Waals surface area contributed by atoms with Crippen LogP contribution in [-0.2, 0) is 0 Å². The van der Waals surface area contributed by atoms with Crippen LogP contribution in [0.15, 0.2) is 6.07 Å². The number of aryl methyl sites for hydroxylation is 1. The fourth-order valence-corrected chi connectivity index (χ4v) is 1.77. The van der Waals surface area contributed by atoms with Gasteiger partial charge in [-0.1, -0.05) is 13.8 Å². The van der Waals surface area contributed by atoms with Crippen LogP contribution in [0.25, 0.3) is 0 Å². The van der Waals surface area contributed by atoms with Crippen LogP contribution in [0.1, 0.15) is 44.0 Å². The lowest BCUT2D eigenvalue weighted by Gasteiger charge is -2.20. The van der Waals surface area contributed by atoms with Gasteiger partial charge < -0.3 is 10.2 Å². The van der Waals surface area contributed by atoms with Crippen LogP contribution >= 0.6 is 0 Å². The van der Waals surface area contributed by atoms with Gasteiger partial charge in [0.2, 0.25) is 0 Å². The number of hydrogen-bond donors (Lipinski definition) is 1. The van der Waals surface area contributed by atoms with Crippen molar-refractivity contribution in [1.82, 2.24) is 15.3 Å². The summed E-state index contributed by atoms with van der Waals surface area (Å²) in [5.41, 5.74) is 0.440. The van der Waals surface area contributed by atoms with E-state index in [9.17, 15) is 4.79 Å². The van der Waals surface area contributed by atoms with Crippen molar-refractivity contribution in [2.45, 2.75) is 34.6 Å². The first-order valence-corrected chi connectivity index (χ1v) is 6.86. The van der Waals surface area contributed by atoms with Gasteiger partial charge in [0.1, 0.15) is 17.3 Å². The maximum Gasteiger partial charge on any atom is 0.270 e. The molecule has 0 unspecified atom stereocenters. The van der Waals surface area contributed by atoms with Crippen molar-refractivity contribution in [3.63, 3.8) is 0 Å². The van der Waals surface area contributed by atoms with Crippen molar-refractivity contribution in [1.29, 1.82) is 0 Å². The molecule has 1 rings (SSSR count). The van der Waals surface area contributed by atoms with Gasteiger partial charge in [-0.25, -0.2) is 9.97 Å². The van der Waals surface area contributed by atoms with E-state index >= 15 is 0 Å². The van der Waals surface area contributed by atoms with E-state index in [4.69, 9.17) is 0 Å². The summed E-state index contributed by atoms with van der Waals surface area (Å²) < 4.78 is 0. The van der Waals surface area contributed by atoms with E-state index in [1.165, 1.54) is 0 Å². The lowest BCUT2D eigenvalue weighted by atomic mass is 10.2. The van der Waals surface area contributed by atoms with E-state index in [2.05, 4.69) is 47.9 Å². The third-order valence-electron chi connectivity index (χ3n) is 2.82. The van der Waals surface area contributed by atoms with Gasteiger partial charge in [0, 0.05) is 25.7 Å². The van der Waals surface area contributed by atoms with Gasteiger partial charge in [-0.05, 0) is 26.7 Å². The summed E-state index contributed by atoms with van der Waals surface area (Å²) >= 11 is 0. The molecule has 1 heterocycles. The molecule has 106 valence electrons. The molecule has 0 saturated carbocycles. The molecule has 0 spiro atoms. The van der Waals surface area contributed by atoms with Crippen molar-refractivity contribution in [3.8, 4) is 0 Å². The Morgan fingerprint density at radius 1 is 1.32 bits per heavy atom. The monoisotopic (exact) mass is 264 g/mol. The predicted molar refractivity (Wildman–Crippen MR) is 77.5 cm³/mol. The number of carbonyl (C=O) groups is 1. The number of carbonyl (C=O) groups excluding carboxylic acids is 1. The summed E-state index contributed by atoms with van der Waals surface area (Å²) in [5.74, 6) is 1.73. The van der Waals surface area contributed by atoms with Gasteiger partial charge in [0.15, 0.2) is 0 Å². The molecule has 0 fully saturated rings. The van der Waals surface area contributed by atoms with Crippen LogP contribution in [0, 0.1) is 12.8 Å². The van der Waals surface area contributed by atoms with Gasteiger partial charge in [0.05, 0.1) is 0 Å². The molecule has 0 atom stereocenters. The minimum absolute atomic E-state index is 0.132. The molecule has 0 saturated heterocycles. The minimum Gasteiger partial charge on any atom is -0.357 e. The molecule has 1 aromatic rings. The summed E-state index contributed by atoms with van der Waals surface area (Å²) in [6, 6.07) is 1.76. The van der Waals surface area contributed by atoms with E-state index in [0.29, 0.717) is 24.0 Å². The van der Waals surface area contributed by atoms with Crippen LogP contribution in [-0.4, -0.2) is 35.5 Å². The molecule has 1 N–H and O–H groups in total. The van der Waals surface area contributed by atoms with Crippen LogP contribution in [0.5, 0.6) is 0 Å². The van der Waals surface area contributed by atoms with Crippen molar-refractivity contribution < 1.29 is 4.79 Å². The summed E-state index contributed by atoms with van der Waals surface area (Å²) in [5, 5.41) is 2.88. The quantitative estimate of drug-likeness (QED) is 0.854. The Morgan fingerprint density at radius 3 is 2.47 bits per heavy atom. The molecular formula is C14H24N4O. The van der Waals surface area contributed by atoms with Gasteiger partial charge in [-0.2, -0.15) is 0 Å². The average Bonchev–Trinajstić information content (AvgIpc) is 2.36. The molecule has 1 aromatic heterocycles. The van der Waals surface area contributed by atoms with E-state index in [-0.39, 0.29) is 5.91 Å². The Labute approximate surface area is 115 Å². The third-order valence-corrected chi connectivity index (χ3v) is 2.82. The van der Waals surface area contributed by atoms with Crippen LogP contribution < -0.4 is 10.2 Å². The second-order valence-corrected chi connectivity index (χ2v) is 4.93. The van der Waals surface area contributed by atoms with Crippen LogP contribution in [0.4, 0.5) is 5.82 Å². The molecule has 0 aliphatic carbocycles. The van der Waals surface area contributed by atoms with Crippen molar-refractivity contribution in [2.75, 3.05) is 24.5 Å². The van der Waals surface area contributed by atoms with Gasteiger partial charge in [-0.3, -0.25) is 4.79 Å². The first-order chi connectivity index (χ1) is 8.97. The molecular weight excluding hydrogens is 240 g/mol. The molecule has 5 heteroatoms. The van der Waals surface area contributed by atoms with E-state index in [0.717, 1.165) is 18.9 Å². The molecule has 0 aliphatic rings. The van der Waals surface area contributed by atoms with Crippen LogP contribution in [0.2, 0.25) is 0 Å². The SMILES string of the molecule is CCN(CC)c1cc(C(=O)NCC(C)C)nc(C)n1. The highest BCUT2D eigenvalue weighted by Crippen LogP contribution is 2.12. The maximum atomic E-state index is 12.0. The number of anilines is 1. The summed E-state index contributed by atoms with van der Waals surface area (Å²) in [6.45, 7) is 12.5. The molecule has 19 heavy (non-hydrogen) atoms. The maximum absolute atomic E-state index is 12.0. The van der Waals surface area contributed by atoms with E-state index in [1.54, 1.807) is 6.07 Å². The minimum atomic E-state index is -0.132. The second-order valence-electron chi connectivity index (χ2n) is 4.93. The second kappa shape index (κ2) is 7.07. The molecule has 5 nitrogen and oxygen atoms in total. The fourth-order valence-electron chi connectivity index (χ4n) is 1.77. The van der Waals surface area contributed by atoms with Crippen molar-refractivity contribution >= 4 is 11.7 Å². The first kappa shape index (κ1) is 15.4. The lowest BCUT2D eigenvalue weighted by Crippen LogP contribution is -2.29. The zero-order chi connectivity index (χ0) is 14.4. The number of nitrogens with one attached hydrogen (secondary N) is 1. The third kappa shape index (κ3) is 4.50. The Morgan fingerprint density at radius 2 is 1.95 bits per heavy atom. The number of amides is 1. The Kier molecular flexibility index (Phi) is 5.73. The van der Waals surface area contributed by atoms with E-state index < -0.39 is 0 Å². The molecule has 0 radical (unpaired) electrons. The van der Waals surface area contributed by atoms with Gasteiger partial charge >= 0.3 is 0 Å². The van der Waals surface area contributed by atoms with Gasteiger partial charge in [0.25, 0.3) is 5.91 Å². The smallest absolute Gasteiger partial charge is 0.270 e. The first-order valence-electron chi connectivity index (χ1n) is 6.86. The molecule has 0 aliphatic heterocycles. The summed E-state index contributed by atoms with van der Waals surface area (Å²) in [4.78, 5) is 22.7. The number of nitrogens with zero attached hydrogens (tertiary/aromatic N) is 3. The molecule has 0 bridgehead atoms. The largest absolute Gasteiger partial charge is 0.357 e. The molecule has 1 amide bonds. The zero-order valence-corrected chi connectivity index (χ0v) is 12.5. The zero-order valence-electron chi connectivity index (χ0n) is 12.5. The standard InChI is InChI=1S/C14H24N4O/c1-6-18(7-2)13-8-12(16-11(5)17-13)14(19)15-9-10(3)4/h8,10H,6-7,9H2,1-5H3,(H,15,19). The number of aromatic nitrogens is 2. The average molecular weight is 264 g/mol. The molecule has 0 aromatic carbocycles. The Hall–Kier alpha value is -1.65. The highest BCUT2D eigenvalue weighted by atomic mass is 16.1. The number of rotatable bonds is 6. The normalized spacial score (nSPS) is 10.6. The Balaban J connectivity index is 2.92. The Bertz CT molecular complexity index is 427. The van der Waals surface area contributed by atoms with Crippen molar-refractivity contribution in [3.05, 3.63) is 17.6 Å². The van der Waals surface area contributed by atoms with Crippen LogP contribution in [0.3, 0.4) is 0 Å². The van der Waals surface area contributed by atoms with E-state index in [1.807, 2.05) is 6.92 Å². The lowest BCUT2D eigenvalue weighted by molar-refractivity contribution is 0.0943. The van der Waals surface area contributed by atoms with Crippen molar-refractivity contribution in [2.24, 2.45) is 5.92 Å².